The minimum Gasteiger partial charge on any atom is -0.391 e. The Balaban J connectivity index is -0.000000320. The van der Waals surface area contributed by atoms with E-state index in [0.29, 0.717) is 19.8 Å². The van der Waals surface area contributed by atoms with E-state index < -0.39 is 0 Å². The topological polar surface area (TPSA) is 55.5 Å². The van der Waals surface area contributed by atoms with Gasteiger partial charge in [0, 0.05) is 6.54 Å². The Kier molecular flexibility index (Phi) is 19.5. The molecular formula is C8H23NO2. The predicted octanol–water partition coefficient (Wildman–Crippen LogP) is 1.00. The van der Waals surface area contributed by atoms with E-state index in [2.05, 4.69) is 0 Å². The maximum Gasteiger partial charge on any atom is 0.0771 e. The largest absolute Gasteiger partial charge is 0.391 e. The molecule has 0 aromatic rings. The zero-order valence-corrected chi connectivity index (χ0v) is 5.84. The normalized spacial score (nSPS) is 11.2. The molecule has 1 unspecified atom stereocenters. The van der Waals surface area contributed by atoms with Crippen molar-refractivity contribution in [3.8, 4) is 0 Å². The fraction of sp³-hybridized carbons (Fsp3) is 1.00. The van der Waals surface area contributed by atoms with E-state index in [1.807, 2.05) is 6.92 Å². The molecule has 3 nitrogen and oxygen atoms in total. The highest BCUT2D eigenvalue weighted by Crippen LogP contribution is 1.89. The van der Waals surface area contributed by atoms with E-state index >= 15 is 0 Å². The second kappa shape index (κ2) is 12.5. The lowest BCUT2D eigenvalue weighted by Gasteiger charge is -2.06. The molecule has 0 heterocycles. The standard InChI is InChI=1S/C6H15NO2.2CH4/c1-2-6(8)5-9-4-3-7;;/h6,8H,2-5,7H2,1H3;2*1H4. The average Bonchev–Trinajstić information content (AvgIpc) is 1.89. The van der Waals surface area contributed by atoms with E-state index in [1.165, 1.54) is 0 Å². The molecule has 0 bridgehead atoms. The van der Waals surface area contributed by atoms with Crippen molar-refractivity contribution >= 4 is 0 Å². The van der Waals surface area contributed by atoms with Gasteiger partial charge in [0.2, 0.25) is 0 Å². The van der Waals surface area contributed by atoms with Crippen molar-refractivity contribution in [3.63, 3.8) is 0 Å². The first-order valence-electron chi connectivity index (χ1n) is 3.27. The number of nitrogens with two attached hydrogens (primary N) is 1. The molecule has 0 aliphatic rings. The van der Waals surface area contributed by atoms with Gasteiger partial charge in [-0.2, -0.15) is 0 Å². The maximum atomic E-state index is 8.92. The summed E-state index contributed by atoms with van der Waals surface area (Å²) in [5.41, 5.74) is 5.15. The molecule has 0 aliphatic heterocycles. The molecule has 0 saturated heterocycles. The quantitative estimate of drug-likeness (QED) is 0.598. The summed E-state index contributed by atoms with van der Waals surface area (Å²) >= 11 is 0. The van der Waals surface area contributed by atoms with Gasteiger partial charge in [-0.3, -0.25) is 0 Å². The van der Waals surface area contributed by atoms with Crippen molar-refractivity contribution in [1.82, 2.24) is 0 Å². The third-order valence-electron chi connectivity index (χ3n) is 1.04. The van der Waals surface area contributed by atoms with Gasteiger partial charge in [-0.05, 0) is 6.42 Å². The molecule has 0 aliphatic carbocycles. The molecule has 0 radical (unpaired) electrons. The minimum atomic E-state index is -0.323. The number of hydrogen-bond acceptors (Lipinski definition) is 3. The minimum absolute atomic E-state index is 0. The zero-order chi connectivity index (χ0) is 7.11. The molecular weight excluding hydrogens is 142 g/mol. The summed E-state index contributed by atoms with van der Waals surface area (Å²) in [7, 11) is 0. The van der Waals surface area contributed by atoms with Crippen LogP contribution < -0.4 is 5.73 Å². The lowest BCUT2D eigenvalue weighted by molar-refractivity contribution is 0.0385. The van der Waals surface area contributed by atoms with Gasteiger partial charge in [-0.15, -0.1) is 0 Å². The Labute approximate surface area is 70.6 Å². The fourth-order valence-corrected chi connectivity index (χ4v) is 0.421. The third-order valence-corrected chi connectivity index (χ3v) is 1.04. The molecule has 3 N–H and O–H groups in total. The van der Waals surface area contributed by atoms with Gasteiger partial charge in [-0.25, -0.2) is 0 Å². The second-order valence-electron chi connectivity index (χ2n) is 1.93. The van der Waals surface area contributed by atoms with Gasteiger partial charge in [0.05, 0.1) is 19.3 Å². The smallest absolute Gasteiger partial charge is 0.0771 e. The predicted molar refractivity (Wildman–Crippen MR) is 49.6 cm³/mol. The Morgan fingerprint density at radius 1 is 1.45 bits per heavy atom. The van der Waals surface area contributed by atoms with Gasteiger partial charge in [0.1, 0.15) is 0 Å². The zero-order valence-electron chi connectivity index (χ0n) is 5.84. The highest BCUT2D eigenvalue weighted by molar-refractivity contribution is 4.47. The van der Waals surface area contributed by atoms with Crippen LogP contribution in [-0.4, -0.2) is 31.0 Å². The molecule has 0 amide bonds. The van der Waals surface area contributed by atoms with Crippen LogP contribution in [0.5, 0.6) is 0 Å². The van der Waals surface area contributed by atoms with E-state index in [4.69, 9.17) is 15.6 Å². The van der Waals surface area contributed by atoms with Crippen molar-refractivity contribution in [2.45, 2.75) is 34.3 Å². The molecule has 0 rings (SSSR count). The summed E-state index contributed by atoms with van der Waals surface area (Å²) in [6.07, 6.45) is 0.418. The summed E-state index contributed by atoms with van der Waals surface area (Å²) in [4.78, 5) is 0. The summed E-state index contributed by atoms with van der Waals surface area (Å²) in [6.45, 7) is 3.39. The average molecular weight is 165 g/mol. The number of hydrogen-bond donors (Lipinski definition) is 2. The highest BCUT2D eigenvalue weighted by Gasteiger charge is 1.97. The van der Waals surface area contributed by atoms with Gasteiger partial charge >= 0.3 is 0 Å². The summed E-state index contributed by atoms with van der Waals surface area (Å²) in [6, 6.07) is 0. The van der Waals surface area contributed by atoms with Crippen LogP contribution in [0.25, 0.3) is 0 Å². The second-order valence-corrected chi connectivity index (χ2v) is 1.93. The summed E-state index contributed by atoms with van der Waals surface area (Å²) in [5, 5.41) is 8.92. The van der Waals surface area contributed by atoms with Crippen LogP contribution >= 0.6 is 0 Å². The molecule has 0 fully saturated rings. The Morgan fingerprint density at radius 2 is 2.00 bits per heavy atom. The lowest BCUT2D eigenvalue weighted by atomic mass is 10.3. The SMILES string of the molecule is C.C.CCC(O)COCCN. The van der Waals surface area contributed by atoms with Gasteiger partial charge in [0.15, 0.2) is 0 Å². The Hall–Kier alpha value is -0.120. The lowest BCUT2D eigenvalue weighted by Crippen LogP contribution is -2.17. The number of aliphatic hydroxyl groups excluding tert-OH is 1. The molecule has 0 saturated carbocycles. The van der Waals surface area contributed by atoms with Crippen molar-refractivity contribution < 1.29 is 9.84 Å². The number of ether oxygens (including phenoxy) is 1. The highest BCUT2D eigenvalue weighted by atomic mass is 16.5. The summed E-state index contributed by atoms with van der Waals surface area (Å²) in [5.74, 6) is 0. The van der Waals surface area contributed by atoms with E-state index in [1.54, 1.807) is 0 Å². The number of aliphatic hydroxyl groups is 1. The molecule has 1 atom stereocenters. The molecule has 3 heteroatoms. The summed E-state index contributed by atoms with van der Waals surface area (Å²) < 4.78 is 4.96. The van der Waals surface area contributed by atoms with Crippen molar-refractivity contribution in [2.75, 3.05) is 19.8 Å². The molecule has 11 heavy (non-hydrogen) atoms. The van der Waals surface area contributed by atoms with E-state index in [-0.39, 0.29) is 21.0 Å². The Morgan fingerprint density at radius 3 is 2.36 bits per heavy atom. The first-order valence-corrected chi connectivity index (χ1v) is 3.27. The third kappa shape index (κ3) is 13.0. The first-order chi connectivity index (χ1) is 4.31. The molecule has 0 aromatic heterocycles. The fourth-order valence-electron chi connectivity index (χ4n) is 0.421. The van der Waals surface area contributed by atoms with Gasteiger partial charge < -0.3 is 15.6 Å². The molecule has 0 aromatic carbocycles. The van der Waals surface area contributed by atoms with Crippen molar-refractivity contribution in [3.05, 3.63) is 0 Å². The first kappa shape index (κ1) is 17.1. The Bertz CT molecular complexity index is 60.1. The van der Waals surface area contributed by atoms with Gasteiger partial charge in [0.25, 0.3) is 0 Å². The van der Waals surface area contributed by atoms with Crippen LogP contribution in [0.1, 0.15) is 28.2 Å². The molecule has 0 spiro atoms. The molecule has 72 valence electrons. The van der Waals surface area contributed by atoms with Crippen molar-refractivity contribution in [1.29, 1.82) is 0 Å². The van der Waals surface area contributed by atoms with Crippen LogP contribution in [0.2, 0.25) is 0 Å². The van der Waals surface area contributed by atoms with Crippen LogP contribution in [0.3, 0.4) is 0 Å². The monoisotopic (exact) mass is 165 g/mol. The van der Waals surface area contributed by atoms with Crippen LogP contribution in [0.4, 0.5) is 0 Å². The van der Waals surface area contributed by atoms with Crippen LogP contribution in [-0.2, 0) is 4.74 Å². The maximum absolute atomic E-state index is 8.92. The van der Waals surface area contributed by atoms with Crippen LogP contribution in [0, 0.1) is 0 Å². The van der Waals surface area contributed by atoms with Crippen LogP contribution in [0.15, 0.2) is 0 Å². The van der Waals surface area contributed by atoms with Crippen molar-refractivity contribution in [2.24, 2.45) is 5.73 Å². The van der Waals surface area contributed by atoms with Gasteiger partial charge in [-0.1, -0.05) is 21.8 Å². The van der Waals surface area contributed by atoms with E-state index in [0.717, 1.165) is 6.42 Å². The number of rotatable bonds is 5. The van der Waals surface area contributed by atoms with E-state index in [9.17, 15) is 0 Å².